The minimum atomic E-state index is 0.701. The van der Waals surface area contributed by atoms with E-state index in [1.54, 1.807) is 0 Å². The van der Waals surface area contributed by atoms with Crippen LogP contribution < -0.4 is 0 Å². The monoisotopic (exact) mass is 309 g/mol. The van der Waals surface area contributed by atoms with Gasteiger partial charge in [-0.15, -0.1) is 0 Å². The van der Waals surface area contributed by atoms with Gasteiger partial charge in [0.15, 0.2) is 0 Å². The van der Waals surface area contributed by atoms with Crippen LogP contribution in [0.15, 0.2) is 30.3 Å². The molecule has 1 nitrogen and oxygen atoms in total. The van der Waals surface area contributed by atoms with Gasteiger partial charge in [0.25, 0.3) is 0 Å². The zero-order valence-corrected chi connectivity index (χ0v) is 14.7. The smallest absolute Gasteiger partial charge is 0.0708 e. The van der Waals surface area contributed by atoms with Crippen LogP contribution in [-0.4, -0.2) is 4.98 Å². The lowest BCUT2D eigenvalue weighted by Gasteiger charge is -2.22. The summed E-state index contributed by atoms with van der Waals surface area (Å²) in [6.07, 6.45) is 14.8. The van der Waals surface area contributed by atoms with E-state index in [2.05, 4.69) is 37.3 Å². The van der Waals surface area contributed by atoms with Crippen molar-refractivity contribution >= 4 is 10.9 Å². The van der Waals surface area contributed by atoms with Gasteiger partial charge >= 0.3 is 0 Å². The molecule has 2 aromatic rings. The third-order valence-corrected chi connectivity index (χ3v) is 5.39. The number of nitrogens with zero attached hydrogens (tertiary/aromatic N) is 1. The van der Waals surface area contributed by atoms with Gasteiger partial charge in [-0.1, -0.05) is 70.1 Å². The molecule has 3 rings (SSSR count). The molecule has 0 aliphatic heterocycles. The van der Waals surface area contributed by atoms with Gasteiger partial charge in [0.2, 0.25) is 0 Å². The molecule has 0 bridgehead atoms. The lowest BCUT2D eigenvalue weighted by atomic mass is 9.85. The molecule has 0 saturated heterocycles. The molecule has 1 aromatic carbocycles. The standard InChI is InChI=1S/C22H31N/c1-2-3-4-5-7-14-19-17-22(18-12-8-6-9-13-18)23-21-16-11-10-15-20(19)21/h10-11,15-18H,2-9,12-14H2,1H3. The lowest BCUT2D eigenvalue weighted by molar-refractivity contribution is 0.437. The fourth-order valence-electron chi connectivity index (χ4n) is 4.00. The van der Waals surface area contributed by atoms with Crippen LogP contribution in [0.5, 0.6) is 0 Å². The molecule has 0 unspecified atom stereocenters. The number of aryl methyl sites for hydroxylation is 1. The zero-order valence-electron chi connectivity index (χ0n) is 14.7. The fourth-order valence-corrected chi connectivity index (χ4v) is 4.00. The van der Waals surface area contributed by atoms with Crippen LogP contribution in [0.2, 0.25) is 0 Å². The van der Waals surface area contributed by atoms with Crippen molar-refractivity contribution in [2.75, 3.05) is 0 Å². The summed E-state index contributed by atoms with van der Waals surface area (Å²) in [5.41, 5.74) is 4.11. The van der Waals surface area contributed by atoms with Gasteiger partial charge in [0, 0.05) is 17.0 Å². The summed E-state index contributed by atoms with van der Waals surface area (Å²) in [7, 11) is 0. The van der Waals surface area contributed by atoms with Crippen LogP contribution in [0.4, 0.5) is 0 Å². The van der Waals surface area contributed by atoms with Crippen molar-refractivity contribution in [3.63, 3.8) is 0 Å². The molecule has 0 amide bonds. The molecule has 1 aromatic heterocycles. The highest BCUT2D eigenvalue weighted by Crippen LogP contribution is 2.33. The first kappa shape index (κ1) is 16.5. The molecule has 0 radical (unpaired) electrons. The van der Waals surface area contributed by atoms with E-state index in [4.69, 9.17) is 4.98 Å². The van der Waals surface area contributed by atoms with Gasteiger partial charge in [-0.2, -0.15) is 0 Å². The van der Waals surface area contributed by atoms with Crippen LogP contribution in [0.1, 0.15) is 88.3 Å². The van der Waals surface area contributed by atoms with E-state index in [0.717, 1.165) is 0 Å². The number of hydrogen-bond acceptors (Lipinski definition) is 1. The second-order valence-corrected chi connectivity index (χ2v) is 7.22. The molecule has 0 N–H and O–H groups in total. The van der Waals surface area contributed by atoms with Crippen molar-refractivity contribution in [3.05, 3.63) is 41.6 Å². The summed E-state index contributed by atoms with van der Waals surface area (Å²) >= 11 is 0. The van der Waals surface area contributed by atoms with E-state index >= 15 is 0 Å². The Kier molecular flexibility index (Phi) is 6.07. The molecule has 23 heavy (non-hydrogen) atoms. The molecule has 0 spiro atoms. The predicted molar refractivity (Wildman–Crippen MR) is 100 cm³/mol. The van der Waals surface area contributed by atoms with Gasteiger partial charge in [0.1, 0.15) is 0 Å². The normalized spacial score (nSPS) is 16.0. The molecule has 1 fully saturated rings. The van der Waals surface area contributed by atoms with Crippen molar-refractivity contribution < 1.29 is 0 Å². The third-order valence-electron chi connectivity index (χ3n) is 5.39. The van der Waals surface area contributed by atoms with Gasteiger partial charge in [0.05, 0.1) is 5.52 Å². The zero-order chi connectivity index (χ0) is 15.9. The lowest BCUT2D eigenvalue weighted by Crippen LogP contribution is -2.07. The predicted octanol–water partition coefficient (Wildman–Crippen LogP) is 6.80. The van der Waals surface area contributed by atoms with E-state index in [-0.39, 0.29) is 0 Å². The average molecular weight is 309 g/mol. The van der Waals surface area contributed by atoms with E-state index in [1.807, 2.05) is 0 Å². The SMILES string of the molecule is CCCCCCCc1cc(C2CCCCC2)nc2ccccc12. The molecule has 1 aliphatic carbocycles. The summed E-state index contributed by atoms with van der Waals surface area (Å²) in [4.78, 5) is 5.02. The summed E-state index contributed by atoms with van der Waals surface area (Å²) in [6.45, 7) is 2.28. The summed E-state index contributed by atoms with van der Waals surface area (Å²) < 4.78 is 0. The highest BCUT2D eigenvalue weighted by molar-refractivity contribution is 5.82. The van der Waals surface area contributed by atoms with E-state index in [1.165, 1.54) is 92.8 Å². The Hall–Kier alpha value is -1.37. The van der Waals surface area contributed by atoms with Gasteiger partial charge in [-0.3, -0.25) is 4.98 Å². The number of para-hydroxylation sites is 1. The van der Waals surface area contributed by atoms with Crippen molar-refractivity contribution in [2.45, 2.75) is 83.5 Å². The van der Waals surface area contributed by atoms with Crippen molar-refractivity contribution in [2.24, 2.45) is 0 Å². The Bertz CT molecular complexity index is 610. The van der Waals surface area contributed by atoms with Gasteiger partial charge < -0.3 is 0 Å². The molecule has 1 heterocycles. The maximum atomic E-state index is 5.02. The van der Waals surface area contributed by atoms with E-state index in [9.17, 15) is 0 Å². The highest BCUT2D eigenvalue weighted by Gasteiger charge is 2.18. The number of unbranched alkanes of at least 4 members (excludes halogenated alkanes) is 4. The average Bonchev–Trinajstić information content (AvgIpc) is 2.62. The van der Waals surface area contributed by atoms with Crippen LogP contribution in [-0.2, 0) is 6.42 Å². The molecular weight excluding hydrogens is 278 g/mol. The van der Waals surface area contributed by atoms with Crippen LogP contribution in [0.25, 0.3) is 10.9 Å². The molecule has 124 valence electrons. The topological polar surface area (TPSA) is 12.9 Å². The molecule has 1 heteroatoms. The first-order valence-electron chi connectivity index (χ1n) is 9.77. The Morgan fingerprint density at radius 3 is 2.57 bits per heavy atom. The molecule has 1 saturated carbocycles. The maximum Gasteiger partial charge on any atom is 0.0708 e. The van der Waals surface area contributed by atoms with Gasteiger partial charge in [-0.25, -0.2) is 0 Å². The van der Waals surface area contributed by atoms with Crippen LogP contribution in [0.3, 0.4) is 0 Å². The van der Waals surface area contributed by atoms with Crippen LogP contribution >= 0.6 is 0 Å². The first-order valence-corrected chi connectivity index (χ1v) is 9.77. The van der Waals surface area contributed by atoms with Crippen molar-refractivity contribution in [1.82, 2.24) is 4.98 Å². The highest BCUT2D eigenvalue weighted by atomic mass is 14.7. The number of rotatable bonds is 7. The number of pyridine rings is 1. The Morgan fingerprint density at radius 2 is 1.74 bits per heavy atom. The van der Waals surface area contributed by atoms with E-state index < -0.39 is 0 Å². The summed E-state index contributed by atoms with van der Waals surface area (Å²) in [6, 6.07) is 11.2. The second kappa shape index (κ2) is 8.47. The molecule has 0 atom stereocenters. The largest absolute Gasteiger partial charge is 0.253 e. The molecule has 1 aliphatic rings. The van der Waals surface area contributed by atoms with E-state index in [0.29, 0.717) is 5.92 Å². The third kappa shape index (κ3) is 4.34. The minimum absolute atomic E-state index is 0.701. The number of benzene rings is 1. The first-order chi connectivity index (χ1) is 11.4. The Labute approximate surface area is 141 Å². The maximum absolute atomic E-state index is 5.02. The Morgan fingerprint density at radius 1 is 0.957 bits per heavy atom. The van der Waals surface area contributed by atoms with Crippen LogP contribution in [0, 0.1) is 0 Å². The van der Waals surface area contributed by atoms with Crippen molar-refractivity contribution in [1.29, 1.82) is 0 Å². The summed E-state index contributed by atoms with van der Waals surface area (Å²) in [5, 5.41) is 1.38. The second-order valence-electron chi connectivity index (χ2n) is 7.22. The summed E-state index contributed by atoms with van der Waals surface area (Å²) in [5.74, 6) is 0.701. The fraction of sp³-hybridized carbons (Fsp3) is 0.591. The van der Waals surface area contributed by atoms with Crippen molar-refractivity contribution in [3.8, 4) is 0 Å². The Balaban J connectivity index is 1.79. The number of aromatic nitrogens is 1. The van der Waals surface area contributed by atoms with Gasteiger partial charge in [-0.05, 0) is 43.4 Å². The number of hydrogen-bond donors (Lipinski definition) is 0. The quantitative estimate of drug-likeness (QED) is 0.513. The molecular formula is C22H31N. The number of fused-ring (bicyclic) bond motifs is 1. The minimum Gasteiger partial charge on any atom is -0.253 e.